The van der Waals surface area contributed by atoms with Gasteiger partial charge in [-0.05, 0) is 76.1 Å². The molecular weight excluding hydrogens is 342 g/mol. The third-order valence-electron chi connectivity index (χ3n) is 5.83. The van der Waals surface area contributed by atoms with E-state index in [-0.39, 0.29) is 29.5 Å². The number of aryl methyl sites for hydroxylation is 3. The summed E-state index contributed by atoms with van der Waals surface area (Å²) in [7, 11) is 0. The highest BCUT2D eigenvalue weighted by Gasteiger charge is 2.36. The second-order valence-corrected chi connectivity index (χ2v) is 8.07. The maximum Gasteiger partial charge on any atom is 0.309 e. The molecule has 1 aromatic rings. The number of ether oxygens (including phenoxy) is 1. The highest BCUT2D eigenvalue weighted by molar-refractivity contribution is 6.01. The van der Waals surface area contributed by atoms with Crippen molar-refractivity contribution in [2.24, 2.45) is 11.8 Å². The molecule has 5 nitrogen and oxygen atoms in total. The third kappa shape index (κ3) is 4.40. The van der Waals surface area contributed by atoms with Crippen LogP contribution in [0.4, 0.5) is 0 Å². The van der Waals surface area contributed by atoms with Crippen molar-refractivity contribution in [1.29, 1.82) is 0 Å². The van der Waals surface area contributed by atoms with Crippen molar-refractivity contribution in [1.82, 2.24) is 4.90 Å². The van der Waals surface area contributed by atoms with Gasteiger partial charge in [-0.1, -0.05) is 6.07 Å². The number of carbonyl (C=O) groups is 3. The molecule has 1 saturated carbocycles. The van der Waals surface area contributed by atoms with Crippen molar-refractivity contribution in [3.05, 3.63) is 34.4 Å². The topological polar surface area (TPSA) is 63.7 Å². The Bertz CT molecular complexity index is 758. The van der Waals surface area contributed by atoms with E-state index in [4.69, 9.17) is 4.74 Å². The first-order chi connectivity index (χ1) is 12.8. The van der Waals surface area contributed by atoms with Crippen LogP contribution in [0, 0.1) is 32.6 Å². The Morgan fingerprint density at radius 3 is 2.11 bits per heavy atom. The van der Waals surface area contributed by atoms with Crippen LogP contribution in [0.3, 0.4) is 0 Å². The number of likely N-dealkylation sites (tertiary alicyclic amines) is 1. The van der Waals surface area contributed by atoms with E-state index in [0.29, 0.717) is 31.5 Å². The Morgan fingerprint density at radius 2 is 1.52 bits per heavy atom. The summed E-state index contributed by atoms with van der Waals surface area (Å²) in [5, 5.41) is 0. The fraction of sp³-hybridized carbons (Fsp3) is 0.591. The van der Waals surface area contributed by atoms with Gasteiger partial charge < -0.3 is 9.64 Å². The summed E-state index contributed by atoms with van der Waals surface area (Å²) in [5.41, 5.74) is 3.71. The van der Waals surface area contributed by atoms with E-state index < -0.39 is 6.10 Å². The van der Waals surface area contributed by atoms with E-state index in [1.54, 1.807) is 6.92 Å². The molecule has 0 radical (unpaired) electrons. The maximum atomic E-state index is 12.7. The van der Waals surface area contributed by atoms with Crippen LogP contribution in [-0.4, -0.2) is 41.8 Å². The van der Waals surface area contributed by atoms with Gasteiger partial charge in [-0.25, -0.2) is 0 Å². The van der Waals surface area contributed by atoms with Crippen LogP contribution in [0.1, 0.15) is 59.7 Å². The number of Topliss-reactive ketones (excluding diaryl/α,β-unsaturated/α-hetero) is 1. The van der Waals surface area contributed by atoms with E-state index >= 15 is 0 Å². The van der Waals surface area contributed by atoms with Gasteiger partial charge in [0.15, 0.2) is 6.10 Å². The normalized spacial score (nSPS) is 18.9. The highest BCUT2D eigenvalue weighted by Crippen LogP contribution is 2.32. The van der Waals surface area contributed by atoms with Crippen molar-refractivity contribution in [3.63, 3.8) is 0 Å². The molecule has 1 aliphatic heterocycles. The van der Waals surface area contributed by atoms with Crippen LogP contribution in [0.5, 0.6) is 0 Å². The van der Waals surface area contributed by atoms with Gasteiger partial charge in [-0.15, -0.1) is 0 Å². The quantitative estimate of drug-likeness (QED) is 0.588. The molecule has 1 aliphatic carbocycles. The Morgan fingerprint density at radius 1 is 0.926 bits per heavy atom. The van der Waals surface area contributed by atoms with Crippen molar-refractivity contribution < 1.29 is 19.1 Å². The minimum Gasteiger partial charge on any atom is -0.454 e. The van der Waals surface area contributed by atoms with Gasteiger partial charge in [0.2, 0.25) is 11.7 Å². The summed E-state index contributed by atoms with van der Waals surface area (Å²) in [6.45, 7) is 8.74. The van der Waals surface area contributed by atoms with Crippen LogP contribution in [-0.2, 0) is 14.3 Å². The first kappa shape index (κ1) is 19.6. The standard InChI is InChI=1S/C22H29NO4/c1-13-11-15(3)19(12-14(13)2)20(24)16(4)27-22(26)18-7-9-23(10-8-18)21(25)17-5-6-17/h11-12,16-18H,5-10H2,1-4H3. The molecule has 1 heterocycles. The zero-order valence-corrected chi connectivity index (χ0v) is 16.7. The van der Waals surface area contributed by atoms with Crippen molar-refractivity contribution >= 4 is 17.7 Å². The summed E-state index contributed by atoms with van der Waals surface area (Å²) in [5.74, 6) is -0.270. The predicted octanol–water partition coefficient (Wildman–Crippen LogP) is 3.37. The largest absolute Gasteiger partial charge is 0.454 e. The minimum atomic E-state index is -0.801. The first-order valence-corrected chi connectivity index (χ1v) is 9.89. The molecular formula is C22H29NO4. The molecule has 1 amide bonds. The third-order valence-corrected chi connectivity index (χ3v) is 5.83. The number of nitrogens with zero attached hydrogens (tertiary/aromatic N) is 1. The lowest BCUT2D eigenvalue weighted by atomic mass is 9.95. The molecule has 1 saturated heterocycles. The van der Waals surface area contributed by atoms with E-state index in [1.165, 1.54) is 0 Å². The molecule has 1 atom stereocenters. The Labute approximate surface area is 161 Å². The van der Waals surface area contributed by atoms with Crippen molar-refractivity contribution in [2.75, 3.05) is 13.1 Å². The Hall–Kier alpha value is -2.17. The molecule has 0 spiro atoms. The zero-order valence-electron chi connectivity index (χ0n) is 16.7. The smallest absolute Gasteiger partial charge is 0.309 e. The highest BCUT2D eigenvalue weighted by atomic mass is 16.5. The van der Waals surface area contributed by atoms with Gasteiger partial charge >= 0.3 is 5.97 Å². The van der Waals surface area contributed by atoms with Gasteiger partial charge in [0.25, 0.3) is 0 Å². The van der Waals surface area contributed by atoms with Crippen LogP contribution in [0.2, 0.25) is 0 Å². The number of ketones is 1. The second-order valence-electron chi connectivity index (χ2n) is 8.07. The van der Waals surface area contributed by atoms with Crippen LogP contribution in [0.25, 0.3) is 0 Å². The lowest BCUT2D eigenvalue weighted by molar-refractivity contribution is -0.154. The molecule has 0 bridgehead atoms. The average Bonchev–Trinajstić information content (AvgIpc) is 3.48. The Balaban J connectivity index is 1.55. The molecule has 1 aromatic carbocycles. The molecule has 5 heteroatoms. The molecule has 2 fully saturated rings. The van der Waals surface area contributed by atoms with Gasteiger partial charge in [-0.2, -0.15) is 0 Å². The summed E-state index contributed by atoms with van der Waals surface area (Å²) in [6.07, 6.45) is 2.42. The molecule has 0 aromatic heterocycles. The monoisotopic (exact) mass is 371 g/mol. The number of piperidine rings is 1. The molecule has 27 heavy (non-hydrogen) atoms. The van der Waals surface area contributed by atoms with Gasteiger partial charge in [0.05, 0.1) is 5.92 Å². The summed E-state index contributed by atoms with van der Waals surface area (Å²) < 4.78 is 5.49. The first-order valence-electron chi connectivity index (χ1n) is 9.89. The maximum absolute atomic E-state index is 12.7. The predicted molar refractivity (Wildman–Crippen MR) is 103 cm³/mol. The van der Waals surface area contributed by atoms with E-state index in [0.717, 1.165) is 29.5 Å². The lowest BCUT2D eigenvalue weighted by Gasteiger charge is -2.31. The van der Waals surface area contributed by atoms with Crippen LogP contribution >= 0.6 is 0 Å². The number of hydrogen-bond donors (Lipinski definition) is 0. The number of benzene rings is 1. The lowest BCUT2D eigenvalue weighted by Crippen LogP contribution is -2.42. The number of rotatable bonds is 5. The fourth-order valence-corrected chi connectivity index (χ4v) is 3.69. The van der Waals surface area contributed by atoms with Crippen LogP contribution in [0.15, 0.2) is 12.1 Å². The second kappa shape index (κ2) is 7.83. The molecule has 2 aliphatic rings. The fourth-order valence-electron chi connectivity index (χ4n) is 3.69. The van der Waals surface area contributed by atoms with Gasteiger partial charge in [0.1, 0.15) is 0 Å². The van der Waals surface area contributed by atoms with E-state index in [2.05, 4.69) is 0 Å². The van der Waals surface area contributed by atoms with Crippen LogP contribution < -0.4 is 0 Å². The summed E-state index contributed by atoms with van der Waals surface area (Å²) in [6, 6.07) is 3.86. The van der Waals surface area contributed by atoms with Gasteiger partial charge in [0, 0.05) is 24.6 Å². The summed E-state index contributed by atoms with van der Waals surface area (Å²) >= 11 is 0. The number of carbonyl (C=O) groups excluding carboxylic acids is 3. The molecule has 146 valence electrons. The SMILES string of the molecule is Cc1cc(C)c(C(=O)C(C)OC(=O)C2CCN(C(=O)C3CC3)CC2)cc1C. The minimum absolute atomic E-state index is 0.162. The molecule has 0 N–H and O–H groups in total. The molecule has 3 rings (SSSR count). The average molecular weight is 371 g/mol. The molecule has 1 unspecified atom stereocenters. The Kier molecular flexibility index (Phi) is 5.68. The van der Waals surface area contributed by atoms with E-state index in [9.17, 15) is 14.4 Å². The number of esters is 1. The summed E-state index contributed by atoms with van der Waals surface area (Å²) in [4.78, 5) is 39.2. The zero-order chi connectivity index (χ0) is 19.7. The van der Waals surface area contributed by atoms with Gasteiger partial charge in [-0.3, -0.25) is 14.4 Å². The van der Waals surface area contributed by atoms with Crippen molar-refractivity contribution in [2.45, 2.75) is 59.5 Å². The number of amides is 1. The van der Waals surface area contributed by atoms with Crippen molar-refractivity contribution in [3.8, 4) is 0 Å². The van der Waals surface area contributed by atoms with E-state index in [1.807, 2.05) is 37.8 Å². The number of hydrogen-bond acceptors (Lipinski definition) is 4.